The van der Waals surface area contributed by atoms with Crippen LogP contribution in [0.5, 0.6) is 5.75 Å². The number of nitrogens with zero attached hydrogens (tertiary/aromatic N) is 3. The van der Waals surface area contributed by atoms with Gasteiger partial charge >= 0.3 is 23.9 Å². The minimum atomic E-state index is -1.26. The first-order valence-corrected chi connectivity index (χ1v) is 13.9. The molecule has 2 aromatic carbocycles. The van der Waals surface area contributed by atoms with Gasteiger partial charge in [-0.1, -0.05) is 30.7 Å². The molecule has 0 unspecified atom stereocenters. The quantitative estimate of drug-likeness (QED) is 0.147. The van der Waals surface area contributed by atoms with Crippen LogP contribution in [0.25, 0.3) is 11.0 Å². The zero-order chi connectivity index (χ0) is 32.3. The average molecular weight is 611 g/mol. The van der Waals surface area contributed by atoms with Gasteiger partial charge < -0.3 is 35.0 Å². The molecule has 1 saturated heterocycles. The largest absolute Gasteiger partial charge is 0.494 e. The second-order valence-electron chi connectivity index (χ2n) is 9.62. The van der Waals surface area contributed by atoms with E-state index in [2.05, 4.69) is 50.1 Å². The van der Waals surface area contributed by atoms with Crippen molar-refractivity contribution in [1.82, 2.24) is 14.5 Å². The van der Waals surface area contributed by atoms with Crippen LogP contribution in [0.2, 0.25) is 0 Å². The summed E-state index contributed by atoms with van der Waals surface area (Å²) in [7, 11) is 2.04. The lowest BCUT2D eigenvalue weighted by molar-refractivity contribution is -0.134. The van der Waals surface area contributed by atoms with Crippen LogP contribution in [0.3, 0.4) is 0 Å². The Morgan fingerprint density at radius 1 is 0.841 bits per heavy atom. The van der Waals surface area contributed by atoms with E-state index in [-0.39, 0.29) is 0 Å². The number of aliphatic carboxylic acids is 4. The van der Waals surface area contributed by atoms with Gasteiger partial charge in [-0.15, -0.1) is 0 Å². The number of piperidine rings is 1. The molecular formula is C31H38N4O9. The van der Waals surface area contributed by atoms with Crippen LogP contribution in [0.15, 0.2) is 72.8 Å². The van der Waals surface area contributed by atoms with Crippen LogP contribution in [-0.4, -0.2) is 85.0 Å². The summed E-state index contributed by atoms with van der Waals surface area (Å²) in [6.45, 7) is 5.01. The highest BCUT2D eigenvalue weighted by atomic mass is 16.5. The fraction of sp³-hybridized carbons (Fsp3) is 0.323. The molecule has 5 N–H and O–H groups in total. The second-order valence-corrected chi connectivity index (χ2v) is 9.62. The lowest BCUT2D eigenvalue weighted by atomic mass is 10.1. The molecule has 4 rings (SSSR count). The SMILES string of the molecule is Cn1c(NCCCOc2cccc(CN3CCCCC3)c2)nc2ccccc21.O=C(O)/C=C\C(=O)O.O=C(O)/C=C\C(=O)O. The van der Waals surface area contributed by atoms with Crippen LogP contribution >= 0.6 is 0 Å². The maximum absolute atomic E-state index is 9.55. The van der Waals surface area contributed by atoms with Crippen molar-refractivity contribution in [2.45, 2.75) is 32.2 Å². The summed E-state index contributed by atoms with van der Waals surface area (Å²) in [6, 6.07) is 16.7. The van der Waals surface area contributed by atoms with E-state index in [4.69, 9.17) is 25.2 Å². The molecule has 236 valence electrons. The van der Waals surface area contributed by atoms with Gasteiger partial charge in [0.2, 0.25) is 5.95 Å². The number of aryl methyl sites for hydroxylation is 1. The van der Waals surface area contributed by atoms with Crippen molar-refractivity contribution in [3.8, 4) is 5.75 Å². The third-order valence-electron chi connectivity index (χ3n) is 6.15. The molecule has 13 heteroatoms. The number of aromatic nitrogens is 2. The number of carboxylic acids is 4. The molecule has 0 bridgehead atoms. The number of likely N-dealkylation sites (tertiary alicyclic amines) is 1. The Bertz CT molecular complexity index is 1380. The predicted octanol–water partition coefficient (Wildman–Crippen LogP) is 3.86. The van der Waals surface area contributed by atoms with Crippen LogP contribution in [0.1, 0.15) is 31.2 Å². The molecule has 2 heterocycles. The van der Waals surface area contributed by atoms with Gasteiger partial charge in [0.15, 0.2) is 0 Å². The third-order valence-corrected chi connectivity index (χ3v) is 6.15. The molecule has 1 aromatic heterocycles. The number of ether oxygens (including phenoxy) is 1. The number of anilines is 1. The van der Waals surface area contributed by atoms with E-state index in [1.54, 1.807) is 0 Å². The normalized spacial score (nSPS) is 13.0. The maximum atomic E-state index is 9.55. The van der Waals surface area contributed by atoms with Gasteiger partial charge in [-0.05, 0) is 62.2 Å². The number of imidazole rings is 1. The Morgan fingerprint density at radius 2 is 1.43 bits per heavy atom. The first-order chi connectivity index (χ1) is 21.0. The monoisotopic (exact) mass is 610 g/mol. The predicted molar refractivity (Wildman–Crippen MR) is 164 cm³/mol. The average Bonchev–Trinajstić information content (AvgIpc) is 3.31. The van der Waals surface area contributed by atoms with Crippen molar-refractivity contribution in [1.29, 1.82) is 0 Å². The molecule has 1 aliphatic heterocycles. The molecule has 0 atom stereocenters. The van der Waals surface area contributed by atoms with Crippen molar-refractivity contribution in [2.75, 3.05) is 31.6 Å². The van der Waals surface area contributed by atoms with Crippen molar-refractivity contribution < 1.29 is 44.3 Å². The molecule has 3 aromatic rings. The topological polar surface area (TPSA) is 192 Å². The molecule has 1 fully saturated rings. The van der Waals surface area contributed by atoms with Gasteiger partial charge in [-0.25, -0.2) is 24.2 Å². The molecular weight excluding hydrogens is 572 g/mol. The molecule has 0 saturated carbocycles. The lowest BCUT2D eigenvalue weighted by Gasteiger charge is -2.26. The lowest BCUT2D eigenvalue weighted by Crippen LogP contribution is -2.29. The Morgan fingerprint density at radius 3 is 2.00 bits per heavy atom. The van der Waals surface area contributed by atoms with Gasteiger partial charge in [0, 0.05) is 44.4 Å². The second kappa shape index (κ2) is 19.1. The van der Waals surface area contributed by atoms with Gasteiger partial charge in [0.05, 0.1) is 17.6 Å². The van der Waals surface area contributed by atoms with Crippen LogP contribution in [0.4, 0.5) is 5.95 Å². The number of para-hydroxylation sites is 2. The summed E-state index contributed by atoms with van der Waals surface area (Å²) in [4.78, 5) is 45.4. The minimum Gasteiger partial charge on any atom is -0.494 e. The first-order valence-electron chi connectivity index (χ1n) is 13.9. The molecule has 0 spiro atoms. The molecule has 0 aliphatic carbocycles. The van der Waals surface area contributed by atoms with E-state index in [9.17, 15) is 19.2 Å². The summed E-state index contributed by atoms with van der Waals surface area (Å²) in [6.07, 6.45) is 7.19. The molecule has 0 amide bonds. The zero-order valence-corrected chi connectivity index (χ0v) is 24.5. The Hall–Kier alpha value is -5.17. The number of rotatable bonds is 12. The number of hydrogen-bond donors (Lipinski definition) is 5. The van der Waals surface area contributed by atoms with E-state index in [1.807, 2.05) is 25.2 Å². The number of carboxylic acid groups (broad SMARTS) is 4. The van der Waals surface area contributed by atoms with Gasteiger partial charge in [0.1, 0.15) is 5.75 Å². The van der Waals surface area contributed by atoms with Crippen molar-refractivity contribution in [3.63, 3.8) is 0 Å². The van der Waals surface area contributed by atoms with E-state index in [0.29, 0.717) is 30.9 Å². The van der Waals surface area contributed by atoms with Crippen LogP contribution in [-0.2, 0) is 32.8 Å². The van der Waals surface area contributed by atoms with E-state index < -0.39 is 23.9 Å². The van der Waals surface area contributed by atoms with Gasteiger partial charge in [0.25, 0.3) is 0 Å². The first kappa shape index (κ1) is 35.0. The summed E-state index contributed by atoms with van der Waals surface area (Å²) >= 11 is 0. The summed E-state index contributed by atoms with van der Waals surface area (Å²) in [5.74, 6) is -3.15. The Kier molecular flexibility index (Phi) is 15.2. The fourth-order valence-electron chi connectivity index (χ4n) is 4.16. The Labute approximate surface area is 254 Å². The molecule has 13 nitrogen and oxygen atoms in total. The smallest absolute Gasteiger partial charge is 0.328 e. The highest BCUT2D eigenvalue weighted by Crippen LogP contribution is 2.19. The fourth-order valence-corrected chi connectivity index (χ4v) is 4.16. The van der Waals surface area contributed by atoms with Crippen molar-refractivity contribution >= 4 is 40.9 Å². The van der Waals surface area contributed by atoms with Crippen LogP contribution < -0.4 is 10.1 Å². The number of hydrogen-bond acceptors (Lipinski definition) is 8. The third kappa shape index (κ3) is 14.1. The minimum absolute atomic E-state index is 0.558. The summed E-state index contributed by atoms with van der Waals surface area (Å²) in [5.41, 5.74) is 3.51. The number of carbonyl (C=O) groups is 4. The van der Waals surface area contributed by atoms with Crippen molar-refractivity contribution in [2.24, 2.45) is 7.05 Å². The van der Waals surface area contributed by atoms with E-state index in [1.165, 1.54) is 37.9 Å². The number of benzene rings is 2. The highest BCUT2D eigenvalue weighted by molar-refractivity contribution is 5.90. The standard InChI is InChI=1S/C23H30N4O.2C4H4O4/c1-26-22-12-4-3-11-21(22)25-23(26)24-13-8-16-28-20-10-7-9-19(17-20)18-27-14-5-2-6-15-27;2*5-3(6)1-2-4(7)8/h3-4,7,9-12,17H,2,5-6,8,13-16,18H2,1H3,(H,24,25);2*1-2H,(H,5,6)(H,7,8)/b;2*2-1-. The summed E-state index contributed by atoms with van der Waals surface area (Å²) in [5, 5.41) is 34.7. The van der Waals surface area contributed by atoms with Gasteiger partial charge in [-0.3, -0.25) is 4.90 Å². The summed E-state index contributed by atoms with van der Waals surface area (Å²) < 4.78 is 8.07. The molecule has 44 heavy (non-hydrogen) atoms. The van der Waals surface area contributed by atoms with Crippen molar-refractivity contribution in [3.05, 3.63) is 78.4 Å². The van der Waals surface area contributed by atoms with E-state index in [0.717, 1.165) is 42.2 Å². The van der Waals surface area contributed by atoms with Gasteiger partial charge in [-0.2, -0.15) is 0 Å². The zero-order valence-electron chi connectivity index (χ0n) is 24.5. The molecule has 1 aliphatic rings. The highest BCUT2D eigenvalue weighted by Gasteiger charge is 2.11. The van der Waals surface area contributed by atoms with E-state index >= 15 is 0 Å². The van der Waals surface area contributed by atoms with Crippen LogP contribution in [0, 0.1) is 0 Å². The Balaban J connectivity index is 0.000000349. The maximum Gasteiger partial charge on any atom is 0.328 e. The molecule has 0 radical (unpaired) electrons. The number of nitrogens with one attached hydrogen (secondary N) is 1. The number of fused-ring (bicyclic) bond motifs is 1.